The van der Waals surface area contributed by atoms with Crippen molar-refractivity contribution in [2.75, 3.05) is 20.3 Å². The van der Waals surface area contributed by atoms with Crippen molar-refractivity contribution in [2.45, 2.75) is 58.0 Å². The zero-order valence-electron chi connectivity index (χ0n) is 19.4. The Bertz CT molecular complexity index is 1090. The van der Waals surface area contributed by atoms with Crippen molar-refractivity contribution < 1.29 is 24.1 Å². The topological polar surface area (TPSA) is 111 Å². The number of aliphatic hydroxyl groups is 2. The number of aliphatic hydroxyl groups excluding tert-OH is 2. The Morgan fingerprint density at radius 2 is 1.79 bits per heavy atom. The quantitative estimate of drug-likeness (QED) is 0.499. The van der Waals surface area contributed by atoms with Gasteiger partial charge in [0.15, 0.2) is 0 Å². The lowest BCUT2D eigenvalue weighted by Gasteiger charge is -2.16. The summed E-state index contributed by atoms with van der Waals surface area (Å²) in [5, 5.41) is 27.2. The van der Waals surface area contributed by atoms with Crippen LogP contribution in [-0.4, -0.2) is 51.8 Å². The first-order valence-corrected chi connectivity index (χ1v) is 11.5. The molecule has 0 bridgehead atoms. The first kappa shape index (κ1) is 23.2. The van der Waals surface area contributed by atoms with E-state index in [1.807, 2.05) is 38.1 Å². The minimum absolute atomic E-state index is 0.0294. The van der Waals surface area contributed by atoms with Gasteiger partial charge in [-0.15, -0.1) is 10.2 Å². The van der Waals surface area contributed by atoms with Crippen LogP contribution in [0.15, 0.2) is 28.7 Å². The summed E-state index contributed by atoms with van der Waals surface area (Å²) in [6.45, 7) is 3.65. The molecule has 1 aliphatic rings. The van der Waals surface area contributed by atoms with Gasteiger partial charge in [0.05, 0.1) is 13.7 Å². The average Bonchev–Trinajstić information content (AvgIpc) is 3.55. The van der Waals surface area contributed by atoms with E-state index in [2.05, 4.69) is 15.2 Å². The summed E-state index contributed by atoms with van der Waals surface area (Å²) in [6, 6.07) is 7.74. The fraction of sp³-hybridized carbons (Fsp3) is 0.480. The van der Waals surface area contributed by atoms with Gasteiger partial charge in [-0.2, -0.15) is 0 Å². The third-order valence-electron chi connectivity index (χ3n) is 6.09. The second kappa shape index (κ2) is 10.3. The summed E-state index contributed by atoms with van der Waals surface area (Å²) in [4.78, 5) is 4.64. The summed E-state index contributed by atoms with van der Waals surface area (Å²) in [5.41, 5.74) is 4.47. The average molecular weight is 454 g/mol. The minimum Gasteiger partial charge on any atom is -0.490 e. The van der Waals surface area contributed by atoms with Crippen molar-refractivity contribution in [3.05, 3.63) is 41.1 Å². The van der Waals surface area contributed by atoms with Crippen LogP contribution in [-0.2, 0) is 6.42 Å². The van der Waals surface area contributed by atoms with Crippen LogP contribution in [0.5, 0.6) is 11.6 Å². The molecule has 0 amide bonds. The van der Waals surface area contributed by atoms with E-state index in [9.17, 15) is 5.11 Å². The number of methoxy groups -OCH3 is 1. The van der Waals surface area contributed by atoms with Crippen LogP contribution in [0.4, 0.5) is 0 Å². The Labute approximate surface area is 193 Å². The summed E-state index contributed by atoms with van der Waals surface area (Å²) < 4.78 is 17.3. The number of aryl methyl sites for hydroxylation is 2. The van der Waals surface area contributed by atoms with Gasteiger partial charge in [-0.1, -0.05) is 19.8 Å². The largest absolute Gasteiger partial charge is 0.490 e. The minimum atomic E-state index is -0.918. The number of aromatic nitrogens is 3. The molecule has 3 aromatic rings. The van der Waals surface area contributed by atoms with E-state index < -0.39 is 6.10 Å². The predicted octanol–water partition coefficient (Wildman–Crippen LogP) is 4.07. The fourth-order valence-corrected chi connectivity index (χ4v) is 4.31. The second-order valence-corrected chi connectivity index (χ2v) is 8.50. The SMILES string of the molecule is CCc1cc(-c2nnc(-c3cc(OC)nc(C4CCCC4)c3)o2)cc(C)c1OC[C@H](O)CO. The Morgan fingerprint density at radius 1 is 1.09 bits per heavy atom. The van der Waals surface area contributed by atoms with Gasteiger partial charge in [-0.3, -0.25) is 0 Å². The zero-order chi connectivity index (χ0) is 23.4. The van der Waals surface area contributed by atoms with E-state index in [-0.39, 0.29) is 13.2 Å². The normalized spacial score (nSPS) is 15.1. The lowest BCUT2D eigenvalue weighted by Crippen LogP contribution is -2.22. The molecule has 1 aromatic carbocycles. The van der Waals surface area contributed by atoms with Gasteiger partial charge in [0.2, 0.25) is 17.7 Å². The third kappa shape index (κ3) is 5.17. The monoisotopic (exact) mass is 453 g/mol. The lowest BCUT2D eigenvalue weighted by molar-refractivity contribution is 0.0531. The lowest BCUT2D eigenvalue weighted by atomic mass is 10.0. The molecule has 0 radical (unpaired) electrons. The number of benzene rings is 1. The smallest absolute Gasteiger partial charge is 0.248 e. The predicted molar refractivity (Wildman–Crippen MR) is 123 cm³/mol. The number of rotatable bonds is 9. The number of nitrogens with zero attached hydrogens (tertiary/aromatic N) is 3. The molecular weight excluding hydrogens is 422 g/mol. The number of ether oxygens (including phenoxy) is 2. The first-order chi connectivity index (χ1) is 16.0. The van der Waals surface area contributed by atoms with Crippen molar-refractivity contribution in [1.82, 2.24) is 15.2 Å². The van der Waals surface area contributed by atoms with Gasteiger partial charge in [0.25, 0.3) is 0 Å². The van der Waals surface area contributed by atoms with E-state index in [0.717, 1.165) is 47.2 Å². The number of hydrogen-bond acceptors (Lipinski definition) is 8. The molecule has 1 fully saturated rings. The third-order valence-corrected chi connectivity index (χ3v) is 6.09. The van der Waals surface area contributed by atoms with Gasteiger partial charge in [-0.25, -0.2) is 4.98 Å². The summed E-state index contributed by atoms with van der Waals surface area (Å²) in [6.07, 6.45) is 4.53. The van der Waals surface area contributed by atoms with Gasteiger partial charge in [-0.05, 0) is 55.5 Å². The van der Waals surface area contributed by atoms with E-state index in [1.54, 1.807) is 7.11 Å². The van der Waals surface area contributed by atoms with E-state index in [4.69, 9.17) is 19.0 Å². The van der Waals surface area contributed by atoms with E-state index in [0.29, 0.717) is 29.3 Å². The van der Waals surface area contributed by atoms with E-state index in [1.165, 1.54) is 12.8 Å². The maximum absolute atomic E-state index is 9.62. The van der Waals surface area contributed by atoms with Crippen molar-refractivity contribution in [1.29, 1.82) is 0 Å². The van der Waals surface area contributed by atoms with Crippen molar-refractivity contribution in [2.24, 2.45) is 0 Å². The highest BCUT2D eigenvalue weighted by Crippen LogP contribution is 2.37. The van der Waals surface area contributed by atoms with Gasteiger partial charge in [0.1, 0.15) is 18.5 Å². The first-order valence-electron chi connectivity index (χ1n) is 11.5. The standard InChI is InChI=1S/C25H31N3O5/c1-4-16-10-18(9-15(2)23(16)32-14-20(30)13-29)24-27-28-25(33-24)19-11-21(17-7-5-6-8-17)26-22(12-19)31-3/h9-12,17,20,29-30H,4-8,13-14H2,1-3H3/t20-/m1/s1. The summed E-state index contributed by atoms with van der Waals surface area (Å²) in [5.74, 6) is 2.53. The molecule has 1 aliphatic carbocycles. The van der Waals surface area contributed by atoms with Gasteiger partial charge in [0, 0.05) is 28.8 Å². The molecule has 2 N–H and O–H groups in total. The van der Waals surface area contributed by atoms with Crippen LogP contribution >= 0.6 is 0 Å². The molecule has 4 rings (SSSR count). The van der Waals surface area contributed by atoms with Crippen molar-refractivity contribution in [3.63, 3.8) is 0 Å². The second-order valence-electron chi connectivity index (χ2n) is 8.50. The summed E-state index contributed by atoms with van der Waals surface area (Å²) >= 11 is 0. The fourth-order valence-electron chi connectivity index (χ4n) is 4.31. The summed E-state index contributed by atoms with van der Waals surface area (Å²) in [7, 11) is 1.61. The molecule has 1 saturated carbocycles. The van der Waals surface area contributed by atoms with Gasteiger partial charge < -0.3 is 24.1 Å². The van der Waals surface area contributed by atoms with Crippen LogP contribution in [0.3, 0.4) is 0 Å². The molecule has 33 heavy (non-hydrogen) atoms. The highest BCUT2D eigenvalue weighted by Gasteiger charge is 2.22. The molecule has 0 unspecified atom stereocenters. The Morgan fingerprint density at radius 3 is 2.42 bits per heavy atom. The van der Waals surface area contributed by atoms with E-state index >= 15 is 0 Å². The van der Waals surface area contributed by atoms with Crippen LogP contribution < -0.4 is 9.47 Å². The Balaban J connectivity index is 1.63. The van der Waals surface area contributed by atoms with Gasteiger partial charge >= 0.3 is 0 Å². The maximum Gasteiger partial charge on any atom is 0.248 e. The Kier molecular flexibility index (Phi) is 7.25. The van der Waals surface area contributed by atoms with Crippen LogP contribution in [0.25, 0.3) is 22.9 Å². The molecule has 8 heteroatoms. The van der Waals surface area contributed by atoms with Crippen LogP contribution in [0.1, 0.15) is 55.3 Å². The molecule has 2 heterocycles. The van der Waals surface area contributed by atoms with Crippen molar-refractivity contribution in [3.8, 4) is 34.5 Å². The Hall–Kier alpha value is -2.97. The molecule has 0 aliphatic heterocycles. The van der Waals surface area contributed by atoms with Crippen LogP contribution in [0, 0.1) is 6.92 Å². The molecule has 8 nitrogen and oxygen atoms in total. The maximum atomic E-state index is 9.62. The highest BCUT2D eigenvalue weighted by molar-refractivity contribution is 5.63. The van der Waals surface area contributed by atoms with Crippen molar-refractivity contribution >= 4 is 0 Å². The zero-order valence-corrected chi connectivity index (χ0v) is 19.4. The number of pyridine rings is 1. The molecule has 0 saturated heterocycles. The molecule has 176 valence electrons. The highest BCUT2D eigenvalue weighted by atomic mass is 16.5. The molecule has 2 aromatic heterocycles. The number of hydrogen-bond donors (Lipinski definition) is 2. The molecular formula is C25H31N3O5. The van der Waals surface area contributed by atoms with Crippen LogP contribution in [0.2, 0.25) is 0 Å². The molecule has 0 spiro atoms. The molecule has 1 atom stereocenters.